The number of alkyl halides is 3. The molecule has 2 rings (SSSR count). The molecule has 0 spiro atoms. The molecule has 1 aliphatic rings. The molecule has 0 radical (unpaired) electrons. The van der Waals surface area contributed by atoms with Gasteiger partial charge in [-0.15, -0.1) is 0 Å². The number of rotatable bonds is 3. The Bertz CT molecular complexity index is 704. The number of sulfone groups is 1. The Labute approximate surface area is 138 Å². The molecular weight excluding hydrogens is 345 g/mol. The van der Waals surface area contributed by atoms with E-state index in [0.29, 0.717) is 12.8 Å². The summed E-state index contributed by atoms with van der Waals surface area (Å²) in [5.41, 5.74) is 0.596. The summed E-state index contributed by atoms with van der Waals surface area (Å²) in [4.78, 5) is 11.4. The molecule has 1 fully saturated rings. The summed E-state index contributed by atoms with van der Waals surface area (Å²) in [7, 11) is -5.45. The van der Waals surface area contributed by atoms with E-state index in [1.165, 1.54) is 6.07 Å². The van der Waals surface area contributed by atoms with E-state index in [2.05, 4.69) is 5.32 Å². The molecule has 1 amide bonds. The van der Waals surface area contributed by atoms with Gasteiger partial charge in [0.1, 0.15) is 0 Å². The molecule has 9 heteroatoms. The number of carbonyl (C=O) groups excluding carboxylic acids is 1. The monoisotopic (exact) mass is 364 g/mol. The molecule has 0 aromatic heterocycles. The van der Waals surface area contributed by atoms with Crippen molar-refractivity contribution in [2.45, 2.75) is 48.5 Å². The van der Waals surface area contributed by atoms with Crippen molar-refractivity contribution in [2.75, 3.05) is 5.32 Å². The highest BCUT2D eigenvalue weighted by Crippen LogP contribution is 2.31. The average Bonchev–Trinajstić information content (AvgIpc) is 2.71. The van der Waals surface area contributed by atoms with Crippen molar-refractivity contribution in [3.8, 4) is 0 Å². The summed E-state index contributed by atoms with van der Waals surface area (Å²) >= 11 is 0. The van der Waals surface area contributed by atoms with Crippen LogP contribution in [0.25, 0.3) is 0 Å². The van der Waals surface area contributed by atoms with Crippen molar-refractivity contribution in [1.82, 2.24) is 0 Å². The third-order valence-corrected chi connectivity index (χ3v) is 5.61. The maximum Gasteiger partial charge on any atom is 0.501 e. The summed E-state index contributed by atoms with van der Waals surface area (Å²) in [6, 6.07) is 3.84. The van der Waals surface area contributed by atoms with E-state index in [1.807, 2.05) is 0 Å². The minimum absolute atomic E-state index is 0.00164. The highest BCUT2D eigenvalue weighted by Gasteiger charge is 2.46. The number of nitrogens with two attached hydrogens (primary N) is 1. The van der Waals surface area contributed by atoms with Crippen LogP contribution in [0.15, 0.2) is 29.2 Å². The number of hydrogen-bond acceptors (Lipinski definition) is 4. The van der Waals surface area contributed by atoms with E-state index in [0.717, 1.165) is 37.5 Å². The molecule has 24 heavy (non-hydrogen) atoms. The maximum atomic E-state index is 12.6. The van der Waals surface area contributed by atoms with Crippen LogP contribution in [0.4, 0.5) is 18.9 Å². The van der Waals surface area contributed by atoms with Crippen molar-refractivity contribution < 1.29 is 26.4 Å². The smallest absolute Gasteiger partial charge is 0.327 e. The fraction of sp³-hybridized carbons (Fsp3) is 0.533. The zero-order valence-electron chi connectivity index (χ0n) is 12.8. The summed E-state index contributed by atoms with van der Waals surface area (Å²) < 4.78 is 60.7. The first kappa shape index (κ1) is 18.7. The molecule has 1 saturated carbocycles. The van der Waals surface area contributed by atoms with E-state index in [4.69, 9.17) is 5.73 Å². The van der Waals surface area contributed by atoms with Gasteiger partial charge in [-0.2, -0.15) is 13.2 Å². The predicted molar refractivity (Wildman–Crippen MR) is 82.9 cm³/mol. The second-order valence-electron chi connectivity index (χ2n) is 5.87. The molecule has 2 atom stereocenters. The third kappa shape index (κ3) is 4.07. The zero-order chi connectivity index (χ0) is 18.0. The molecule has 1 aliphatic carbocycles. The van der Waals surface area contributed by atoms with Gasteiger partial charge in [0.2, 0.25) is 5.91 Å². The Balaban J connectivity index is 2.19. The highest BCUT2D eigenvalue weighted by atomic mass is 32.2. The van der Waals surface area contributed by atoms with Crippen LogP contribution in [0.5, 0.6) is 0 Å². The predicted octanol–water partition coefficient (Wildman–Crippen LogP) is 2.83. The number of nitrogens with one attached hydrogen (secondary N) is 1. The molecule has 0 heterocycles. The molecule has 1 aromatic carbocycles. The van der Waals surface area contributed by atoms with Gasteiger partial charge in [0, 0.05) is 11.7 Å². The summed E-state index contributed by atoms with van der Waals surface area (Å²) in [6.45, 7) is 0. The van der Waals surface area contributed by atoms with Crippen LogP contribution in [0.3, 0.4) is 0 Å². The minimum atomic E-state index is -5.45. The second kappa shape index (κ2) is 7.10. The number of carbonyl (C=O) groups is 1. The van der Waals surface area contributed by atoms with Crippen LogP contribution in [0, 0.1) is 5.92 Å². The fourth-order valence-electron chi connectivity index (χ4n) is 2.77. The van der Waals surface area contributed by atoms with Crippen LogP contribution in [-0.4, -0.2) is 25.9 Å². The van der Waals surface area contributed by atoms with Gasteiger partial charge in [-0.25, -0.2) is 8.42 Å². The molecule has 0 bridgehead atoms. The number of benzene rings is 1. The minimum Gasteiger partial charge on any atom is -0.327 e. The van der Waals surface area contributed by atoms with Gasteiger partial charge in [-0.1, -0.05) is 25.3 Å². The molecule has 5 nitrogen and oxygen atoms in total. The second-order valence-corrected chi connectivity index (χ2v) is 7.82. The lowest BCUT2D eigenvalue weighted by molar-refractivity contribution is -0.120. The van der Waals surface area contributed by atoms with Crippen LogP contribution in [0.2, 0.25) is 0 Å². The molecule has 134 valence electrons. The Kier molecular flexibility index (Phi) is 5.54. The average molecular weight is 364 g/mol. The lowest BCUT2D eigenvalue weighted by Crippen LogP contribution is -2.37. The number of anilines is 1. The largest absolute Gasteiger partial charge is 0.501 e. The molecule has 0 saturated heterocycles. The highest BCUT2D eigenvalue weighted by molar-refractivity contribution is 7.92. The van der Waals surface area contributed by atoms with Gasteiger partial charge < -0.3 is 11.1 Å². The normalized spacial score (nSPS) is 22.7. The lowest BCUT2D eigenvalue weighted by Gasteiger charge is -2.20. The summed E-state index contributed by atoms with van der Waals surface area (Å²) in [5.74, 6) is -0.832. The van der Waals surface area contributed by atoms with E-state index in [-0.39, 0.29) is 11.7 Å². The van der Waals surface area contributed by atoms with E-state index in [9.17, 15) is 26.4 Å². The van der Waals surface area contributed by atoms with Crippen molar-refractivity contribution in [3.05, 3.63) is 24.3 Å². The standard InChI is InChI=1S/C15H19F3N2O3S/c16-15(17,18)24(22,23)11-6-4-5-10(9-11)20-14(21)12-7-2-1-3-8-13(12)19/h4-6,9,12-13H,1-3,7-8,19H2,(H,20,21)/t12-,13+/m0/s1. The SMILES string of the molecule is N[C@@H]1CCCCC[C@@H]1C(=O)Nc1cccc(S(=O)(=O)C(F)(F)F)c1. The topological polar surface area (TPSA) is 89.3 Å². The molecule has 1 aromatic rings. The van der Waals surface area contributed by atoms with Gasteiger partial charge >= 0.3 is 5.51 Å². The van der Waals surface area contributed by atoms with E-state index in [1.54, 1.807) is 0 Å². The van der Waals surface area contributed by atoms with E-state index < -0.39 is 32.1 Å². The molecule has 0 aliphatic heterocycles. The molecule has 3 N–H and O–H groups in total. The Morgan fingerprint density at radius 3 is 2.50 bits per heavy atom. The molecule has 0 unspecified atom stereocenters. The van der Waals surface area contributed by atoms with E-state index >= 15 is 0 Å². The van der Waals surface area contributed by atoms with Crippen LogP contribution >= 0.6 is 0 Å². The lowest BCUT2D eigenvalue weighted by atomic mass is 9.94. The molecular formula is C15H19F3N2O3S. The number of halogens is 3. The first-order valence-electron chi connectivity index (χ1n) is 7.61. The number of hydrogen-bond donors (Lipinski definition) is 2. The Hall–Kier alpha value is -1.61. The first-order chi connectivity index (χ1) is 11.1. The van der Waals surface area contributed by atoms with Gasteiger partial charge in [-0.05, 0) is 31.0 Å². The quantitative estimate of drug-likeness (QED) is 0.807. The zero-order valence-corrected chi connectivity index (χ0v) is 13.7. The maximum absolute atomic E-state index is 12.6. The van der Waals surface area contributed by atoms with Gasteiger partial charge in [0.25, 0.3) is 9.84 Å². The summed E-state index contributed by atoms with van der Waals surface area (Å²) in [5, 5.41) is 2.48. The van der Waals surface area contributed by atoms with Crippen LogP contribution in [0.1, 0.15) is 32.1 Å². The number of amides is 1. The van der Waals surface area contributed by atoms with Crippen molar-refractivity contribution in [1.29, 1.82) is 0 Å². The Morgan fingerprint density at radius 1 is 1.17 bits per heavy atom. The summed E-state index contributed by atoms with van der Waals surface area (Å²) in [6.07, 6.45) is 4.09. The van der Waals surface area contributed by atoms with Crippen molar-refractivity contribution in [2.24, 2.45) is 11.7 Å². The van der Waals surface area contributed by atoms with Crippen LogP contribution < -0.4 is 11.1 Å². The Morgan fingerprint density at radius 2 is 1.83 bits per heavy atom. The fourth-order valence-corrected chi connectivity index (χ4v) is 3.58. The third-order valence-electron chi connectivity index (χ3n) is 4.12. The van der Waals surface area contributed by atoms with Gasteiger partial charge in [-0.3, -0.25) is 4.79 Å². The van der Waals surface area contributed by atoms with Crippen LogP contribution in [-0.2, 0) is 14.6 Å². The van der Waals surface area contributed by atoms with Crippen molar-refractivity contribution >= 4 is 21.4 Å². The van der Waals surface area contributed by atoms with Gasteiger partial charge in [0.15, 0.2) is 0 Å². The first-order valence-corrected chi connectivity index (χ1v) is 9.09. The van der Waals surface area contributed by atoms with Crippen molar-refractivity contribution in [3.63, 3.8) is 0 Å². The van der Waals surface area contributed by atoms with Gasteiger partial charge in [0.05, 0.1) is 10.8 Å².